The Hall–Kier alpha value is -2.77. The molecule has 3 heterocycles. The van der Waals surface area contributed by atoms with Gasteiger partial charge in [0.15, 0.2) is 0 Å². The van der Waals surface area contributed by atoms with Crippen molar-refractivity contribution in [3.8, 4) is 10.6 Å². The van der Waals surface area contributed by atoms with Crippen LogP contribution in [0.3, 0.4) is 0 Å². The minimum Gasteiger partial charge on any atom is -0.460 e. The summed E-state index contributed by atoms with van der Waals surface area (Å²) in [5.74, 6) is -0.381. The Morgan fingerprint density at radius 1 is 1.21 bits per heavy atom. The molecule has 0 saturated heterocycles. The molecule has 4 rings (SSSR count). The molecule has 0 aliphatic heterocycles. The quantitative estimate of drug-likeness (QED) is 0.336. The lowest BCUT2D eigenvalue weighted by molar-refractivity contribution is -0.144. The minimum absolute atomic E-state index is 0.0218. The van der Waals surface area contributed by atoms with Gasteiger partial charge in [0.2, 0.25) is 0 Å². The zero-order valence-electron chi connectivity index (χ0n) is 15.1. The van der Waals surface area contributed by atoms with E-state index < -0.39 is 5.63 Å². The first kappa shape index (κ1) is 18.6. The minimum atomic E-state index is -0.452. The molecule has 4 aromatic rings. The van der Waals surface area contributed by atoms with E-state index in [2.05, 4.69) is 4.98 Å². The van der Waals surface area contributed by atoms with Crippen molar-refractivity contribution in [3.63, 3.8) is 0 Å². The van der Waals surface area contributed by atoms with Crippen molar-refractivity contribution in [2.75, 3.05) is 0 Å². The third-order valence-electron chi connectivity index (χ3n) is 4.34. The zero-order valence-corrected chi connectivity index (χ0v) is 16.8. The molecule has 7 heteroatoms. The van der Waals surface area contributed by atoms with Gasteiger partial charge in [-0.25, -0.2) is 9.78 Å². The van der Waals surface area contributed by atoms with Crippen LogP contribution in [0.1, 0.15) is 23.7 Å². The summed E-state index contributed by atoms with van der Waals surface area (Å²) in [6, 6.07) is 9.10. The Morgan fingerprint density at radius 3 is 2.89 bits per heavy atom. The molecule has 142 valence electrons. The van der Waals surface area contributed by atoms with E-state index in [1.807, 2.05) is 47.3 Å². The second-order valence-electron chi connectivity index (χ2n) is 6.27. The van der Waals surface area contributed by atoms with Crippen LogP contribution in [0.25, 0.3) is 21.5 Å². The highest BCUT2D eigenvalue weighted by Gasteiger charge is 2.13. The summed E-state index contributed by atoms with van der Waals surface area (Å²) >= 11 is 3.11. The molecule has 3 aromatic heterocycles. The summed E-state index contributed by atoms with van der Waals surface area (Å²) in [7, 11) is 0. The van der Waals surface area contributed by atoms with Crippen LogP contribution in [0.5, 0.6) is 0 Å². The number of carbonyl (C=O) groups excluding carboxylic acids is 1. The number of rotatable bonds is 6. The summed E-state index contributed by atoms with van der Waals surface area (Å²) in [4.78, 5) is 28.6. The maximum atomic E-state index is 12.2. The molecule has 0 aliphatic rings. The number of hydrogen-bond acceptors (Lipinski definition) is 7. The summed E-state index contributed by atoms with van der Waals surface area (Å²) in [6.45, 7) is 2.06. The van der Waals surface area contributed by atoms with Crippen molar-refractivity contribution >= 4 is 39.6 Å². The third-order valence-corrected chi connectivity index (χ3v) is 5.96. The van der Waals surface area contributed by atoms with Gasteiger partial charge in [-0.05, 0) is 29.5 Å². The van der Waals surface area contributed by atoms with Crippen molar-refractivity contribution < 1.29 is 13.9 Å². The zero-order chi connectivity index (χ0) is 19.5. The summed E-state index contributed by atoms with van der Waals surface area (Å²) < 4.78 is 10.7. The number of aryl methyl sites for hydroxylation is 1. The predicted molar refractivity (Wildman–Crippen MR) is 111 cm³/mol. The fourth-order valence-electron chi connectivity index (χ4n) is 2.88. The number of nitrogens with zero attached hydrogens (tertiary/aromatic N) is 1. The maximum Gasteiger partial charge on any atom is 0.336 e. The van der Waals surface area contributed by atoms with Gasteiger partial charge < -0.3 is 9.15 Å². The Labute approximate surface area is 169 Å². The summed E-state index contributed by atoms with van der Waals surface area (Å²) in [6.07, 6.45) is 0.944. The Bertz CT molecular complexity index is 1170. The normalized spacial score (nSPS) is 11.0. The van der Waals surface area contributed by atoms with E-state index in [1.54, 1.807) is 11.3 Å². The first-order valence-corrected chi connectivity index (χ1v) is 10.6. The smallest absolute Gasteiger partial charge is 0.336 e. The van der Waals surface area contributed by atoms with Crippen LogP contribution in [0.2, 0.25) is 0 Å². The van der Waals surface area contributed by atoms with E-state index in [1.165, 1.54) is 17.4 Å². The molecule has 0 spiro atoms. The number of ether oxygens (including phenoxy) is 1. The number of hydrogen-bond donors (Lipinski definition) is 0. The lowest BCUT2D eigenvalue weighted by atomic mass is 10.1. The van der Waals surface area contributed by atoms with Gasteiger partial charge >= 0.3 is 11.6 Å². The fourth-order valence-corrected chi connectivity index (χ4v) is 4.41. The highest BCUT2D eigenvalue weighted by Crippen LogP contribution is 2.26. The second kappa shape index (κ2) is 8.08. The monoisotopic (exact) mass is 411 g/mol. The van der Waals surface area contributed by atoms with Crippen molar-refractivity contribution in [1.82, 2.24) is 4.98 Å². The van der Waals surface area contributed by atoms with Gasteiger partial charge in [0.25, 0.3) is 0 Å². The van der Waals surface area contributed by atoms with Gasteiger partial charge in [0.1, 0.15) is 17.2 Å². The van der Waals surface area contributed by atoms with Gasteiger partial charge in [-0.1, -0.05) is 19.1 Å². The van der Waals surface area contributed by atoms with Crippen LogP contribution >= 0.6 is 22.7 Å². The van der Waals surface area contributed by atoms with E-state index in [9.17, 15) is 9.59 Å². The van der Waals surface area contributed by atoms with Crippen LogP contribution in [0.4, 0.5) is 0 Å². The molecule has 0 aliphatic carbocycles. The van der Waals surface area contributed by atoms with Crippen LogP contribution in [0.15, 0.2) is 55.7 Å². The Balaban J connectivity index is 1.46. The van der Waals surface area contributed by atoms with Crippen molar-refractivity contribution in [3.05, 3.63) is 73.7 Å². The number of aromatic nitrogens is 1. The molecule has 0 saturated carbocycles. The molecule has 28 heavy (non-hydrogen) atoms. The predicted octanol–water partition coefficient (Wildman–Crippen LogP) is 4.83. The van der Waals surface area contributed by atoms with Crippen molar-refractivity contribution in [2.24, 2.45) is 0 Å². The lowest BCUT2D eigenvalue weighted by Crippen LogP contribution is -2.10. The molecule has 1 aromatic carbocycles. The number of benzene rings is 1. The fraction of sp³-hybridized carbons (Fsp3) is 0.190. The van der Waals surface area contributed by atoms with Gasteiger partial charge in [0.05, 0.1) is 12.1 Å². The van der Waals surface area contributed by atoms with Gasteiger partial charge in [-0.3, -0.25) is 4.79 Å². The topological polar surface area (TPSA) is 69.4 Å². The average molecular weight is 412 g/mol. The second-order valence-corrected chi connectivity index (χ2v) is 7.91. The largest absolute Gasteiger partial charge is 0.460 e. The Kier molecular flexibility index (Phi) is 5.36. The van der Waals surface area contributed by atoms with Crippen LogP contribution < -0.4 is 5.63 Å². The maximum absolute atomic E-state index is 12.2. The number of carbonyl (C=O) groups is 1. The molecule has 0 amide bonds. The molecule has 0 radical (unpaired) electrons. The SMILES string of the molecule is CCc1ccc2c(COC(=O)Cc3csc(-c4ccsc4)n3)cc(=O)oc2c1. The van der Waals surface area contributed by atoms with Crippen molar-refractivity contribution in [1.29, 1.82) is 0 Å². The van der Waals surface area contributed by atoms with Crippen LogP contribution in [0, 0.1) is 0 Å². The van der Waals surface area contributed by atoms with Crippen LogP contribution in [-0.4, -0.2) is 11.0 Å². The molecule has 0 atom stereocenters. The van der Waals surface area contributed by atoms with E-state index in [4.69, 9.17) is 9.15 Å². The number of thiophene rings is 1. The molecule has 0 fully saturated rings. The van der Waals surface area contributed by atoms with E-state index in [-0.39, 0.29) is 19.0 Å². The number of esters is 1. The molecule has 0 bridgehead atoms. The Morgan fingerprint density at radius 2 is 2.11 bits per heavy atom. The molecule has 0 N–H and O–H groups in total. The first-order chi connectivity index (χ1) is 13.6. The average Bonchev–Trinajstić information content (AvgIpc) is 3.37. The third kappa shape index (κ3) is 4.05. The van der Waals surface area contributed by atoms with Gasteiger partial charge in [-0.15, -0.1) is 11.3 Å². The molecular formula is C21H17NO4S2. The molecule has 0 unspecified atom stereocenters. The molecular weight excluding hydrogens is 394 g/mol. The summed E-state index contributed by atoms with van der Waals surface area (Å²) in [5, 5.41) is 7.55. The number of thiazole rings is 1. The van der Waals surface area contributed by atoms with Gasteiger partial charge in [-0.2, -0.15) is 11.3 Å². The molecule has 5 nitrogen and oxygen atoms in total. The lowest BCUT2D eigenvalue weighted by Gasteiger charge is -2.07. The van der Waals surface area contributed by atoms with E-state index in [0.29, 0.717) is 16.8 Å². The first-order valence-electron chi connectivity index (χ1n) is 8.80. The van der Waals surface area contributed by atoms with Crippen LogP contribution in [-0.2, 0) is 29.0 Å². The standard InChI is InChI=1S/C21H17NO4S2/c1-2-13-3-4-17-15(8-20(24)26-18(17)7-13)10-25-19(23)9-16-12-28-21(22-16)14-5-6-27-11-14/h3-8,11-12H,2,9-10H2,1H3. The van der Waals surface area contributed by atoms with Crippen molar-refractivity contribution in [2.45, 2.75) is 26.4 Å². The highest BCUT2D eigenvalue weighted by atomic mass is 32.1. The van der Waals surface area contributed by atoms with Gasteiger partial charge in [0, 0.05) is 33.3 Å². The van der Waals surface area contributed by atoms with E-state index in [0.717, 1.165) is 27.9 Å². The summed E-state index contributed by atoms with van der Waals surface area (Å²) in [5.41, 5.74) is 3.52. The van der Waals surface area contributed by atoms with E-state index >= 15 is 0 Å². The highest BCUT2D eigenvalue weighted by molar-refractivity contribution is 7.14. The number of fused-ring (bicyclic) bond motifs is 1.